The van der Waals surface area contributed by atoms with Gasteiger partial charge in [-0.1, -0.05) is 12.2 Å². The molecule has 0 saturated heterocycles. The van der Waals surface area contributed by atoms with E-state index in [9.17, 15) is 0 Å². The Balaban J connectivity index is 2.07. The minimum Gasteiger partial charge on any atom is -0.388 e. The van der Waals surface area contributed by atoms with Gasteiger partial charge in [0.1, 0.15) is 4.99 Å². The topological polar surface area (TPSA) is 50.9 Å². The van der Waals surface area contributed by atoms with E-state index < -0.39 is 0 Å². The van der Waals surface area contributed by atoms with Crippen LogP contribution < -0.4 is 11.1 Å². The summed E-state index contributed by atoms with van der Waals surface area (Å²) in [5.41, 5.74) is 7.13. The van der Waals surface area contributed by atoms with Crippen LogP contribution in [0.2, 0.25) is 0 Å². The first-order valence-corrected chi connectivity index (χ1v) is 6.96. The molecule has 88 valence electrons. The molecule has 0 radical (unpaired) electrons. The Kier molecular flexibility index (Phi) is 4.09. The van der Waals surface area contributed by atoms with Gasteiger partial charge in [-0.25, -0.2) is 0 Å². The Morgan fingerprint density at radius 2 is 2.35 bits per heavy atom. The van der Waals surface area contributed by atoms with Gasteiger partial charge in [-0.3, -0.25) is 4.98 Å². The number of anilines is 1. The molecule has 0 spiro atoms. The highest BCUT2D eigenvalue weighted by Gasteiger charge is 2.02. The van der Waals surface area contributed by atoms with Gasteiger partial charge < -0.3 is 11.1 Å². The SMILES string of the molecule is NC(=S)c1cc(NCc2sccc2Br)ccn1. The van der Waals surface area contributed by atoms with Crippen molar-refractivity contribution in [3.05, 3.63) is 44.8 Å². The second kappa shape index (κ2) is 5.57. The summed E-state index contributed by atoms with van der Waals surface area (Å²) in [5, 5.41) is 5.36. The Bertz CT molecular complexity index is 539. The molecule has 0 amide bonds. The van der Waals surface area contributed by atoms with Crippen molar-refractivity contribution in [2.24, 2.45) is 5.73 Å². The molecule has 2 rings (SSSR count). The van der Waals surface area contributed by atoms with E-state index in [1.807, 2.05) is 23.6 Å². The van der Waals surface area contributed by atoms with Crippen molar-refractivity contribution in [2.75, 3.05) is 5.32 Å². The van der Waals surface area contributed by atoms with E-state index in [4.69, 9.17) is 18.0 Å². The summed E-state index contributed by atoms with van der Waals surface area (Å²) in [6.07, 6.45) is 1.69. The Morgan fingerprint density at radius 3 is 3.00 bits per heavy atom. The van der Waals surface area contributed by atoms with E-state index in [0.717, 1.165) is 16.7 Å². The first kappa shape index (κ1) is 12.5. The average Bonchev–Trinajstić information content (AvgIpc) is 2.72. The molecule has 6 heteroatoms. The number of hydrogen-bond acceptors (Lipinski definition) is 4. The van der Waals surface area contributed by atoms with Gasteiger partial charge in [-0.05, 0) is 39.5 Å². The lowest BCUT2D eigenvalue weighted by molar-refractivity contribution is 1.17. The first-order valence-electron chi connectivity index (χ1n) is 4.88. The predicted molar refractivity (Wildman–Crippen MR) is 79.5 cm³/mol. The molecule has 2 heterocycles. The van der Waals surface area contributed by atoms with Crippen molar-refractivity contribution in [1.29, 1.82) is 0 Å². The summed E-state index contributed by atoms with van der Waals surface area (Å²) in [6.45, 7) is 0.763. The maximum Gasteiger partial charge on any atom is 0.122 e. The van der Waals surface area contributed by atoms with E-state index >= 15 is 0 Å². The average molecular weight is 328 g/mol. The van der Waals surface area contributed by atoms with Crippen molar-refractivity contribution in [3.8, 4) is 0 Å². The van der Waals surface area contributed by atoms with Crippen LogP contribution >= 0.6 is 39.5 Å². The van der Waals surface area contributed by atoms with Crippen LogP contribution in [0.25, 0.3) is 0 Å². The van der Waals surface area contributed by atoms with E-state index in [1.165, 1.54) is 4.88 Å². The molecule has 17 heavy (non-hydrogen) atoms. The molecule has 3 nitrogen and oxygen atoms in total. The zero-order chi connectivity index (χ0) is 12.3. The Morgan fingerprint density at radius 1 is 1.53 bits per heavy atom. The summed E-state index contributed by atoms with van der Waals surface area (Å²) in [6, 6.07) is 5.78. The first-order chi connectivity index (χ1) is 8.16. The Hall–Kier alpha value is -0.980. The molecular weight excluding hydrogens is 318 g/mol. The highest BCUT2D eigenvalue weighted by Crippen LogP contribution is 2.23. The Labute approximate surface area is 117 Å². The van der Waals surface area contributed by atoms with E-state index in [-0.39, 0.29) is 0 Å². The van der Waals surface area contributed by atoms with Crippen LogP contribution in [0.3, 0.4) is 0 Å². The molecule has 0 bridgehead atoms. The number of halogens is 1. The highest BCUT2D eigenvalue weighted by molar-refractivity contribution is 9.10. The fourth-order valence-electron chi connectivity index (χ4n) is 1.31. The molecule has 0 aliphatic rings. The molecule has 0 unspecified atom stereocenters. The van der Waals surface area contributed by atoms with Gasteiger partial charge in [-0.15, -0.1) is 11.3 Å². The minimum atomic E-state index is 0.311. The van der Waals surface area contributed by atoms with Gasteiger partial charge in [0.05, 0.1) is 12.2 Å². The number of pyridine rings is 1. The van der Waals surface area contributed by atoms with Gasteiger partial charge in [0, 0.05) is 21.2 Å². The number of nitrogens with two attached hydrogens (primary N) is 1. The fourth-order valence-corrected chi connectivity index (χ4v) is 2.85. The number of rotatable bonds is 4. The van der Waals surface area contributed by atoms with Crippen LogP contribution in [0.1, 0.15) is 10.6 Å². The summed E-state index contributed by atoms with van der Waals surface area (Å²) in [4.78, 5) is 5.65. The lowest BCUT2D eigenvalue weighted by Crippen LogP contribution is -2.11. The molecule has 2 aromatic rings. The van der Waals surface area contributed by atoms with Gasteiger partial charge in [0.15, 0.2) is 0 Å². The lowest BCUT2D eigenvalue weighted by atomic mass is 10.3. The number of hydrogen-bond donors (Lipinski definition) is 2. The second-order valence-electron chi connectivity index (χ2n) is 3.34. The third kappa shape index (κ3) is 3.24. The zero-order valence-electron chi connectivity index (χ0n) is 8.81. The van der Waals surface area contributed by atoms with Crippen molar-refractivity contribution >= 4 is 50.2 Å². The van der Waals surface area contributed by atoms with Crippen LogP contribution in [0, 0.1) is 0 Å². The van der Waals surface area contributed by atoms with Crippen molar-refractivity contribution < 1.29 is 0 Å². The van der Waals surface area contributed by atoms with Crippen LogP contribution in [-0.4, -0.2) is 9.97 Å². The molecule has 0 aromatic carbocycles. The van der Waals surface area contributed by atoms with Crippen molar-refractivity contribution in [2.45, 2.75) is 6.54 Å². The van der Waals surface area contributed by atoms with Crippen LogP contribution in [0.15, 0.2) is 34.2 Å². The summed E-state index contributed by atoms with van der Waals surface area (Å²) in [5.74, 6) is 0. The van der Waals surface area contributed by atoms with E-state index in [2.05, 4.69) is 26.2 Å². The van der Waals surface area contributed by atoms with Crippen molar-refractivity contribution in [1.82, 2.24) is 4.98 Å². The molecule has 0 atom stereocenters. The van der Waals surface area contributed by atoms with Gasteiger partial charge in [0.25, 0.3) is 0 Å². The van der Waals surface area contributed by atoms with Crippen molar-refractivity contribution in [3.63, 3.8) is 0 Å². The maximum absolute atomic E-state index is 5.53. The lowest BCUT2D eigenvalue weighted by Gasteiger charge is -2.06. The number of nitrogens with one attached hydrogen (secondary N) is 1. The van der Waals surface area contributed by atoms with Crippen LogP contribution in [0.4, 0.5) is 5.69 Å². The normalized spacial score (nSPS) is 10.2. The summed E-state index contributed by atoms with van der Waals surface area (Å²) in [7, 11) is 0. The quantitative estimate of drug-likeness (QED) is 0.847. The molecular formula is C11H10BrN3S2. The zero-order valence-corrected chi connectivity index (χ0v) is 12.0. The number of aromatic nitrogens is 1. The highest BCUT2D eigenvalue weighted by atomic mass is 79.9. The fraction of sp³-hybridized carbons (Fsp3) is 0.0909. The number of thiocarbonyl (C=S) groups is 1. The summed E-state index contributed by atoms with van der Waals surface area (Å²) < 4.78 is 1.12. The monoisotopic (exact) mass is 327 g/mol. The van der Waals surface area contributed by atoms with E-state index in [0.29, 0.717) is 10.7 Å². The van der Waals surface area contributed by atoms with Gasteiger partial charge in [0.2, 0.25) is 0 Å². The van der Waals surface area contributed by atoms with E-state index in [1.54, 1.807) is 17.5 Å². The third-order valence-corrected chi connectivity index (χ3v) is 4.29. The standard InChI is InChI=1S/C11H10BrN3S2/c12-8-2-4-17-10(8)6-15-7-1-3-14-9(5-7)11(13)16/h1-5H,6H2,(H2,13,16)(H,14,15). The van der Waals surface area contributed by atoms with Gasteiger partial charge in [-0.2, -0.15) is 0 Å². The molecule has 0 saturated carbocycles. The molecule has 3 N–H and O–H groups in total. The van der Waals surface area contributed by atoms with Crippen LogP contribution in [0.5, 0.6) is 0 Å². The smallest absolute Gasteiger partial charge is 0.122 e. The molecule has 0 fully saturated rings. The number of nitrogens with zero attached hydrogens (tertiary/aromatic N) is 1. The summed E-state index contributed by atoms with van der Waals surface area (Å²) >= 11 is 10.1. The minimum absolute atomic E-state index is 0.311. The van der Waals surface area contributed by atoms with Gasteiger partial charge >= 0.3 is 0 Å². The number of thiophene rings is 1. The largest absolute Gasteiger partial charge is 0.388 e. The third-order valence-electron chi connectivity index (χ3n) is 2.16. The molecule has 0 aliphatic carbocycles. The predicted octanol–water partition coefficient (Wildman–Crippen LogP) is 3.15. The maximum atomic E-state index is 5.53. The molecule has 0 aliphatic heterocycles. The molecule has 2 aromatic heterocycles. The second-order valence-corrected chi connectivity index (χ2v) is 5.63. The van der Waals surface area contributed by atoms with Crippen LogP contribution in [-0.2, 0) is 6.54 Å².